The molecule has 2 atom stereocenters. The van der Waals surface area contributed by atoms with Crippen molar-refractivity contribution < 1.29 is 5.11 Å². The largest absolute Gasteiger partial charge is 0.388 e. The van der Waals surface area contributed by atoms with Gasteiger partial charge in [-0.05, 0) is 26.7 Å². The van der Waals surface area contributed by atoms with Gasteiger partial charge in [-0.25, -0.2) is 0 Å². The first kappa shape index (κ1) is 13.5. The van der Waals surface area contributed by atoms with E-state index in [0.717, 1.165) is 19.1 Å². The Labute approximate surface area is 112 Å². The number of hydrogen-bond acceptors (Lipinski definition) is 7. The molecule has 2 heterocycles. The summed E-state index contributed by atoms with van der Waals surface area (Å²) >= 11 is 0. The zero-order valence-corrected chi connectivity index (χ0v) is 11.2. The Morgan fingerprint density at radius 3 is 2.79 bits per heavy atom. The van der Waals surface area contributed by atoms with Gasteiger partial charge in [-0.2, -0.15) is 9.97 Å². The summed E-state index contributed by atoms with van der Waals surface area (Å²) in [6, 6.07) is 0.202. The zero-order chi connectivity index (χ0) is 14.2. The predicted octanol–water partition coefficient (Wildman–Crippen LogP) is 0.378. The van der Waals surface area contributed by atoms with E-state index in [4.69, 9.17) is 16.9 Å². The van der Waals surface area contributed by atoms with Gasteiger partial charge < -0.3 is 26.9 Å². The molecule has 2 unspecified atom stereocenters. The summed E-state index contributed by atoms with van der Waals surface area (Å²) in [7, 11) is 0. The highest BCUT2D eigenvalue weighted by atomic mass is 16.3. The molecule has 7 heteroatoms. The summed E-state index contributed by atoms with van der Waals surface area (Å²) < 4.78 is 0. The van der Waals surface area contributed by atoms with E-state index in [0.29, 0.717) is 17.9 Å². The van der Waals surface area contributed by atoms with Crippen molar-refractivity contribution in [1.29, 1.82) is 5.41 Å². The maximum absolute atomic E-state index is 10.2. The van der Waals surface area contributed by atoms with E-state index in [9.17, 15) is 5.11 Å². The topological polar surface area (TPSA) is 125 Å². The maximum Gasteiger partial charge on any atom is 0.223 e. The number of nitrogens with one attached hydrogen (secondary N) is 1. The van der Waals surface area contributed by atoms with E-state index >= 15 is 0 Å². The van der Waals surface area contributed by atoms with Crippen molar-refractivity contribution in [2.45, 2.75) is 38.3 Å². The summed E-state index contributed by atoms with van der Waals surface area (Å²) in [4.78, 5) is 10.0. The standard InChI is InChI=1S/C12H20N6O/c1-7-3-4-12(2,19)6-18(7)10-8(5-13)9(14)16-11(15)17-10/h5,7,13,19H,3-4,6H2,1-2H3,(H4,14,15,16,17). The van der Waals surface area contributed by atoms with Crippen LogP contribution in [0.4, 0.5) is 17.6 Å². The first-order chi connectivity index (χ1) is 8.84. The van der Waals surface area contributed by atoms with Gasteiger partial charge in [0.1, 0.15) is 11.6 Å². The van der Waals surface area contributed by atoms with Crippen LogP contribution in [0.2, 0.25) is 0 Å². The van der Waals surface area contributed by atoms with Gasteiger partial charge in [0.25, 0.3) is 0 Å². The van der Waals surface area contributed by atoms with Gasteiger partial charge in [-0.15, -0.1) is 0 Å². The van der Waals surface area contributed by atoms with Crippen LogP contribution in [0.1, 0.15) is 32.3 Å². The van der Waals surface area contributed by atoms with Crippen LogP contribution >= 0.6 is 0 Å². The second-order valence-corrected chi connectivity index (χ2v) is 5.36. The number of piperidine rings is 1. The fraction of sp³-hybridized carbons (Fsp3) is 0.583. The van der Waals surface area contributed by atoms with Gasteiger partial charge in [0.2, 0.25) is 5.95 Å². The Bertz CT molecular complexity index is 501. The molecule has 0 aromatic carbocycles. The molecule has 1 aromatic heterocycles. The number of aliphatic hydroxyl groups is 1. The molecule has 0 saturated carbocycles. The average molecular weight is 264 g/mol. The summed E-state index contributed by atoms with van der Waals surface area (Å²) in [6.07, 6.45) is 2.70. The number of nitrogens with zero attached hydrogens (tertiary/aromatic N) is 3. The highest BCUT2D eigenvalue weighted by Gasteiger charge is 2.34. The van der Waals surface area contributed by atoms with Crippen LogP contribution in [0.25, 0.3) is 0 Å². The number of nitrogens with two attached hydrogens (primary N) is 2. The highest BCUT2D eigenvalue weighted by molar-refractivity contribution is 5.91. The molecule has 0 aliphatic carbocycles. The van der Waals surface area contributed by atoms with Gasteiger partial charge >= 0.3 is 0 Å². The van der Waals surface area contributed by atoms with Crippen LogP contribution in [0.5, 0.6) is 0 Å². The number of anilines is 3. The van der Waals surface area contributed by atoms with E-state index in [1.54, 1.807) is 6.92 Å². The number of β-amino-alcohol motifs (C(OH)–C–C–N with tert-alkyl or cyclic N) is 1. The summed E-state index contributed by atoms with van der Waals surface area (Å²) in [6.45, 7) is 4.28. The quantitative estimate of drug-likeness (QED) is 0.572. The zero-order valence-electron chi connectivity index (χ0n) is 11.2. The monoisotopic (exact) mass is 264 g/mol. The number of aromatic nitrogens is 2. The molecule has 1 fully saturated rings. The van der Waals surface area contributed by atoms with E-state index < -0.39 is 5.60 Å². The minimum atomic E-state index is -0.777. The first-order valence-corrected chi connectivity index (χ1v) is 6.26. The minimum absolute atomic E-state index is 0.0792. The molecule has 1 saturated heterocycles. The summed E-state index contributed by atoms with van der Waals surface area (Å²) in [5.41, 5.74) is 11.1. The van der Waals surface area contributed by atoms with E-state index in [1.165, 1.54) is 0 Å². The molecule has 104 valence electrons. The number of hydrogen-bond donors (Lipinski definition) is 4. The molecule has 7 nitrogen and oxygen atoms in total. The Hall–Kier alpha value is -1.89. The van der Waals surface area contributed by atoms with Crippen LogP contribution in [0.15, 0.2) is 0 Å². The van der Waals surface area contributed by atoms with Crippen LogP contribution < -0.4 is 16.4 Å². The highest BCUT2D eigenvalue weighted by Crippen LogP contribution is 2.31. The minimum Gasteiger partial charge on any atom is -0.388 e. The number of nitrogen functional groups attached to an aromatic ring is 2. The predicted molar refractivity (Wildman–Crippen MR) is 75.4 cm³/mol. The molecule has 0 amide bonds. The molecule has 1 aliphatic rings. The molecule has 1 aromatic rings. The average Bonchev–Trinajstić information content (AvgIpc) is 2.31. The lowest BCUT2D eigenvalue weighted by molar-refractivity contribution is 0.0376. The SMILES string of the molecule is CC1CCC(C)(O)CN1c1nc(N)nc(N)c1C=N. The van der Waals surface area contributed by atoms with Gasteiger partial charge in [0.15, 0.2) is 0 Å². The second-order valence-electron chi connectivity index (χ2n) is 5.36. The molecule has 2 rings (SSSR count). The van der Waals surface area contributed by atoms with Crippen molar-refractivity contribution in [3.05, 3.63) is 5.56 Å². The van der Waals surface area contributed by atoms with Gasteiger partial charge in [-0.3, -0.25) is 0 Å². The molecule has 6 N–H and O–H groups in total. The third-order valence-electron chi connectivity index (χ3n) is 3.53. The van der Waals surface area contributed by atoms with E-state index in [2.05, 4.69) is 16.9 Å². The van der Waals surface area contributed by atoms with Crippen molar-refractivity contribution in [2.75, 3.05) is 22.9 Å². The van der Waals surface area contributed by atoms with Crippen LogP contribution in [0, 0.1) is 5.41 Å². The van der Waals surface area contributed by atoms with Crippen LogP contribution in [0.3, 0.4) is 0 Å². The van der Waals surface area contributed by atoms with Crippen molar-refractivity contribution >= 4 is 23.8 Å². The lowest BCUT2D eigenvalue weighted by atomic mass is 9.90. The van der Waals surface area contributed by atoms with Gasteiger partial charge in [0, 0.05) is 18.8 Å². The van der Waals surface area contributed by atoms with Gasteiger partial charge in [-0.1, -0.05) is 0 Å². The van der Waals surface area contributed by atoms with Crippen molar-refractivity contribution in [3.63, 3.8) is 0 Å². The number of rotatable bonds is 2. The van der Waals surface area contributed by atoms with Crippen molar-refractivity contribution in [3.8, 4) is 0 Å². The Kier molecular flexibility index (Phi) is 3.32. The lowest BCUT2D eigenvalue weighted by Crippen LogP contribution is -2.51. The lowest BCUT2D eigenvalue weighted by Gasteiger charge is -2.42. The Morgan fingerprint density at radius 1 is 1.47 bits per heavy atom. The van der Waals surface area contributed by atoms with Crippen LogP contribution in [-0.2, 0) is 0 Å². The molecule has 0 bridgehead atoms. The Morgan fingerprint density at radius 2 is 2.16 bits per heavy atom. The summed E-state index contributed by atoms with van der Waals surface area (Å²) in [5, 5.41) is 17.7. The maximum atomic E-state index is 10.2. The summed E-state index contributed by atoms with van der Waals surface area (Å²) in [5.74, 6) is 0.790. The van der Waals surface area contributed by atoms with Gasteiger partial charge in [0.05, 0.1) is 11.2 Å². The first-order valence-electron chi connectivity index (χ1n) is 6.26. The molecular weight excluding hydrogens is 244 g/mol. The molecule has 0 spiro atoms. The van der Waals surface area contributed by atoms with E-state index in [1.807, 2.05) is 4.90 Å². The molecule has 1 aliphatic heterocycles. The van der Waals surface area contributed by atoms with E-state index in [-0.39, 0.29) is 17.8 Å². The second kappa shape index (κ2) is 4.65. The third-order valence-corrected chi connectivity index (χ3v) is 3.53. The fourth-order valence-corrected chi connectivity index (χ4v) is 2.41. The smallest absolute Gasteiger partial charge is 0.223 e. The molecule has 19 heavy (non-hydrogen) atoms. The molecular formula is C12H20N6O. The molecule has 0 radical (unpaired) electrons. The third kappa shape index (κ3) is 2.60. The Balaban J connectivity index is 2.47. The fourth-order valence-electron chi connectivity index (χ4n) is 2.41. The normalized spacial score (nSPS) is 27.3. The van der Waals surface area contributed by atoms with Crippen molar-refractivity contribution in [1.82, 2.24) is 9.97 Å². The van der Waals surface area contributed by atoms with Crippen LogP contribution in [-0.4, -0.2) is 39.5 Å². The van der Waals surface area contributed by atoms with Crippen molar-refractivity contribution in [2.24, 2.45) is 0 Å².